The predicted molar refractivity (Wildman–Crippen MR) is 158 cm³/mol. The number of fused-ring (bicyclic) bond motifs is 5. The molecular formula is C32H31Cl2N5O4. The Morgan fingerprint density at radius 3 is 2.74 bits per heavy atom. The topological polar surface area (TPSA) is 74.8 Å². The summed E-state index contributed by atoms with van der Waals surface area (Å²) in [6.45, 7) is 4.49. The summed E-state index contributed by atoms with van der Waals surface area (Å²) in [5, 5.41) is 7.11. The van der Waals surface area contributed by atoms with Crippen LogP contribution in [-0.2, 0) is 26.1 Å². The number of aromatic nitrogens is 4. The first kappa shape index (κ1) is 29.0. The van der Waals surface area contributed by atoms with Crippen LogP contribution in [0.15, 0.2) is 73.4 Å². The number of halogens is 2. The van der Waals surface area contributed by atoms with Crippen molar-refractivity contribution in [3.63, 3.8) is 0 Å². The number of hydrogen-bond donors (Lipinski definition) is 0. The lowest BCUT2D eigenvalue weighted by molar-refractivity contribution is -0.686. The zero-order valence-electron chi connectivity index (χ0n) is 23.7. The fourth-order valence-corrected chi connectivity index (χ4v) is 5.91. The molecule has 11 heteroatoms. The average Bonchev–Trinajstić information content (AvgIpc) is 3.71. The van der Waals surface area contributed by atoms with Crippen LogP contribution in [0.5, 0.6) is 23.0 Å². The molecule has 3 aromatic carbocycles. The normalized spacial score (nSPS) is 13.0. The van der Waals surface area contributed by atoms with Crippen molar-refractivity contribution in [2.75, 3.05) is 33.6 Å². The predicted octanol–water partition coefficient (Wildman–Crippen LogP) is 1.92. The van der Waals surface area contributed by atoms with E-state index in [2.05, 4.69) is 56.1 Å². The quantitative estimate of drug-likeness (QED) is 0.221. The minimum absolute atomic E-state index is 0. The number of rotatable bonds is 10. The third-order valence-electron chi connectivity index (χ3n) is 7.91. The lowest BCUT2D eigenvalue weighted by Crippen LogP contribution is -3.00. The van der Waals surface area contributed by atoms with Crippen molar-refractivity contribution in [2.45, 2.75) is 26.1 Å². The van der Waals surface area contributed by atoms with Crippen molar-refractivity contribution in [3.05, 3.63) is 89.6 Å². The molecule has 0 aliphatic carbocycles. The first-order valence-electron chi connectivity index (χ1n) is 14.0. The molecule has 0 atom stereocenters. The van der Waals surface area contributed by atoms with E-state index in [-0.39, 0.29) is 19.2 Å². The Balaban J connectivity index is 0.00000329. The fourth-order valence-electron chi connectivity index (χ4n) is 5.71. The van der Waals surface area contributed by atoms with E-state index in [4.69, 9.17) is 30.5 Å². The average molecular weight is 621 g/mol. The van der Waals surface area contributed by atoms with E-state index in [1.165, 1.54) is 11.1 Å². The molecule has 43 heavy (non-hydrogen) atoms. The second-order valence-electron chi connectivity index (χ2n) is 10.4. The summed E-state index contributed by atoms with van der Waals surface area (Å²) in [7, 11) is 1.68. The first-order valence-corrected chi connectivity index (χ1v) is 14.4. The Morgan fingerprint density at radius 1 is 1.07 bits per heavy atom. The maximum atomic E-state index is 6.51. The maximum Gasteiger partial charge on any atom is 0.231 e. The Hall–Kier alpha value is -4.05. The zero-order chi connectivity index (χ0) is 28.5. The van der Waals surface area contributed by atoms with Gasteiger partial charge in [-0.1, -0.05) is 29.8 Å². The number of benzene rings is 3. The molecule has 0 bridgehead atoms. The lowest BCUT2D eigenvalue weighted by Gasteiger charge is -2.23. The van der Waals surface area contributed by atoms with E-state index in [0.29, 0.717) is 32.0 Å². The highest BCUT2D eigenvalue weighted by atomic mass is 35.5. The summed E-state index contributed by atoms with van der Waals surface area (Å²) < 4.78 is 27.7. The number of pyridine rings is 1. The van der Waals surface area contributed by atoms with Gasteiger partial charge in [0.1, 0.15) is 19.3 Å². The van der Waals surface area contributed by atoms with Crippen LogP contribution >= 0.6 is 11.6 Å². The lowest BCUT2D eigenvalue weighted by atomic mass is 9.95. The SMILES string of the molecule is COc1ccc2cc3[n+](cc2c1OCCN(CCn1cncn1)Cc1ccccc1Cl)CCc1cc2c(cc1-3)OCO2.[Cl-]. The summed E-state index contributed by atoms with van der Waals surface area (Å²) in [6.07, 6.45) is 6.38. The van der Waals surface area contributed by atoms with Crippen molar-refractivity contribution in [1.82, 2.24) is 19.7 Å². The van der Waals surface area contributed by atoms with Gasteiger partial charge in [-0.2, -0.15) is 9.67 Å². The van der Waals surface area contributed by atoms with Gasteiger partial charge >= 0.3 is 0 Å². The molecule has 2 aromatic heterocycles. The van der Waals surface area contributed by atoms with Gasteiger partial charge in [0.15, 0.2) is 35.7 Å². The van der Waals surface area contributed by atoms with Gasteiger partial charge in [-0.3, -0.25) is 9.58 Å². The Labute approximate surface area is 260 Å². The summed E-state index contributed by atoms with van der Waals surface area (Å²) in [5.74, 6) is 3.08. The largest absolute Gasteiger partial charge is 1.00 e. The molecule has 9 nitrogen and oxygen atoms in total. The number of hydrogen-bond acceptors (Lipinski definition) is 7. The Bertz CT molecular complexity index is 1750. The van der Waals surface area contributed by atoms with Crippen molar-refractivity contribution < 1.29 is 35.9 Å². The molecule has 0 amide bonds. The number of ether oxygens (including phenoxy) is 4. The zero-order valence-corrected chi connectivity index (χ0v) is 25.2. The third-order valence-corrected chi connectivity index (χ3v) is 8.28. The van der Waals surface area contributed by atoms with E-state index in [1.807, 2.05) is 28.9 Å². The monoisotopic (exact) mass is 619 g/mol. The highest BCUT2D eigenvalue weighted by molar-refractivity contribution is 6.31. The molecule has 0 unspecified atom stereocenters. The van der Waals surface area contributed by atoms with Gasteiger partial charge in [-0.05, 0) is 46.8 Å². The van der Waals surface area contributed by atoms with Crippen LogP contribution in [0.1, 0.15) is 11.1 Å². The summed E-state index contributed by atoms with van der Waals surface area (Å²) in [4.78, 5) is 6.38. The van der Waals surface area contributed by atoms with E-state index < -0.39 is 0 Å². The van der Waals surface area contributed by atoms with Crippen LogP contribution in [-0.4, -0.2) is 53.3 Å². The van der Waals surface area contributed by atoms with E-state index >= 15 is 0 Å². The second-order valence-corrected chi connectivity index (χ2v) is 10.8. The highest BCUT2D eigenvalue weighted by Gasteiger charge is 2.28. The van der Waals surface area contributed by atoms with Crippen LogP contribution in [0.3, 0.4) is 0 Å². The smallest absolute Gasteiger partial charge is 0.231 e. The molecule has 0 spiro atoms. The molecule has 2 aliphatic rings. The number of aryl methyl sites for hydroxylation is 2. The fraction of sp³-hybridized carbons (Fsp3) is 0.281. The van der Waals surface area contributed by atoms with Gasteiger partial charge < -0.3 is 31.4 Å². The molecular weight excluding hydrogens is 589 g/mol. The van der Waals surface area contributed by atoms with Crippen LogP contribution < -0.4 is 35.9 Å². The molecule has 4 heterocycles. The van der Waals surface area contributed by atoms with Crippen molar-refractivity contribution >= 4 is 22.4 Å². The summed E-state index contributed by atoms with van der Waals surface area (Å²) >= 11 is 6.50. The minimum atomic E-state index is 0. The van der Waals surface area contributed by atoms with Crippen LogP contribution in [0, 0.1) is 0 Å². The van der Waals surface area contributed by atoms with Gasteiger partial charge in [-0.25, -0.2) is 4.98 Å². The van der Waals surface area contributed by atoms with Crippen LogP contribution in [0.2, 0.25) is 5.02 Å². The van der Waals surface area contributed by atoms with Gasteiger partial charge in [-0.15, -0.1) is 0 Å². The molecule has 0 N–H and O–H groups in total. The Kier molecular flexibility index (Phi) is 8.56. The molecule has 222 valence electrons. The van der Waals surface area contributed by atoms with Gasteiger partial charge in [0.2, 0.25) is 12.5 Å². The standard InChI is InChI=1S/C32H31ClN5O4.ClH/c1-39-29-7-6-22-14-28-25-16-31-30(41-21-42-31)15-23(25)8-9-37(28)18-26(22)32(29)40-13-12-36(10-11-38-20-34-19-35-38)17-24-4-2-3-5-27(24)33;/h2-7,14-16,18-20H,8-13,17,21H2,1H3;1H/q+1;/p-1. The molecule has 0 saturated carbocycles. The summed E-state index contributed by atoms with van der Waals surface area (Å²) in [6, 6.07) is 18.5. The van der Waals surface area contributed by atoms with Gasteiger partial charge in [0.05, 0.1) is 24.6 Å². The Morgan fingerprint density at radius 2 is 1.93 bits per heavy atom. The second kappa shape index (κ2) is 12.7. The van der Waals surface area contributed by atoms with Crippen LogP contribution in [0.25, 0.3) is 22.0 Å². The van der Waals surface area contributed by atoms with Crippen molar-refractivity contribution in [2.24, 2.45) is 0 Å². The third kappa shape index (κ3) is 5.93. The molecule has 7 rings (SSSR count). The van der Waals surface area contributed by atoms with Crippen LogP contribution in [0.4, 0.5) is 0 Å². The molecule has 2 aliphatic heterocycles. The highest BCUT2D eigenvalue weighted by Crippen LogP contribution is 2.41. The molecule has 0 fully saturated rings. The van der Waals surface area contributed by atoms with E-state index in [9.17, 15) is 0 Å². The molecule has 0 radical (unpaired) electrons. The molecule has 0 saturated heterocycles. The first-order chi connectivity index (χ1) is 20.7. The van der Waals surface area contributed by atoms with Crippen molar-refractivity contribution in [1.29, 1.82) is 0 Å². The number of nitrogens with zero attached hydrogens (tertiary/aromatic N) is 5. The molecule has 5 aromatic rings. The van der Waals surface area contributed by atoms with Crippen molar-refractivity contribution in [3.8, 4) is 34.3 Å². The summed E-state index contributed by atoms with van der Waals surface area (Å²) in [5.41, 5.74) is 4.67. The maximum absolute atomic E-state index is 6.51. The van der Waals surface area contributed by atoms with Gasteiger partial charge in [0, 0.05) is 37.1 Å². The number of methoxy groups -OCH3 is 1. The van der Waals surface area contributed by atoms with E-state index in [0.717, 1.165) is 63.8 Å². The minimum Gasteiger partial charge on any atom is -1.00 e. The van der Waals surface area contributed by atoms with Gasteiger partial charge in [0.25, 0.3) is 0 Å². The van der Waals surface area contributed by atoms with E-state index in [1.54, 1.807) is 19.8 Å².